The quantitative estimate of drug-likeness (QED) is 0.682. The number of nitrogens with one attached hydrogen (secondary N) is 1. The zero-order valence-corrected chi connectivity index (χ0v) is 16.8. The number of aliphatic hydroxyl groups excluding tert-OH is 2. The van der Waals surface area contributed by atoms with E-state index in [1.165, 1.54) is 0 Å². The van der Waals surface area contributed by atoms with Crippen molar-refractivity contribution in [1.29, 1.82) is 0 Å². The minimum absolute atomic E-state index is 0.0547. The Morgan fingerprint density at radius 2 is 2.07 bits per heavy atom. The molecule has 3 aliphatic rings. The highest BCUT2D eigenvalue weighted by molar-refractivity contribution is 9.11. The topological polar surface area (TPSA) is 78.8 Å². The van der Waals surface area contributed by atoms with Crippen LogP contribution in [-0.4, -0.2) is 35.3 Å². The molecule has 0 aromatic heterocycles. The molecule has 4 rings (SSSR count). The Balaban J connectivity index is 1.76. The number of Topliss-reactive ketones (excluding diaryl/α,β-unsaturated/α-hetero) is 1. The van der Waals surface area contributed by atoms with Gasteiger partial charge in [-0.15, -0.1) is 0 Å². The van der Waals surface area contributed by atoms with Crippen molar-refractivity contribution in [3.8, 4) is 5.75 Å². The summed E-state index contributed by atoms with van der Waals surface area (Å²) in [7, 11) is 0. The molecule has 27 heavy (non-hydrogen) atoms. The molecule has 0 saturated heterocycles. The van der Waals surface area contributed by atoms with Crippen LogP contribution >= 0.6 is 15.9 Å². The van der Waals surface area contributed by atoms with E-state index in [2.05, 4.69) is 41.2 Å². The van der Waals surface area contributed by atoms with Gasteiger partial charge < -0.3 is 20.3 Å². The number of hydrogen-bond acceptors (Lipinski definition) is 5. The first-order valence-electron chi connectivity index (χ1n) is 9.03. The van der Waals surface area contributed by atoms with Crippen LogP contribution in [0.2, 0.25) is 0 Å². The Kier molecular flexibility index (Phi) is 4.53. The summed E-state index contributed by atoms with van der Waals surface area (Å²) in [6, 6.07) is 5.37. The van der Waals surface area contributed by atoms with Crippen LogP contribution in [0.5, 0.6) is 5.75 Å². The maximum Gasteiger partial charge on any atom is 0.191 e. The summed E-state index contributed by atoms with van der Waals surface area (Å²) in [5.41, 5.74) is 4.04. The first-order chi connectivity index (χ1) is 12.9. The molecule has 3 N–H and O–H groups in total. The van der Waals surface area contributed by atoms with Crippen molar-refractivity contribution >= 4 is 21.7 Å². The van der Waals surface area contributed by atoms with Gasteiger partial charge in [0.15, 0.2) is 5.78 Å². The van der Waals surface area contributed by atoms with Gasteiger partial charge in [0, 0.05) is 38.3 Å². The average Bonchev–Trinajstić information content (AvgIpc) is 3.04. The lowest BCUT2D eigenvalue weighted by atomic mass is 9.70. The van der Waals surface area contributed by atoms with E-state index in [1.54, 1.807) is 12.1 Å². The van der Waals surface area contributed by atoms with E-state index in [4.69, 9.17) is 4.74 Å². The fraction of sp³-hybridized carbons (Fsp3) is 0.381. The Labute approximate surface area is 166 Å². The molecule has 0 fully saturated rings. The van der Waals surface area contributed by atoms with Crippen LogP contribution in [-0.2, 0) is 5.41 Å². The van der Waals surface area contributed by atoms with E-state index in [0.717, 1.165) is 33.4 Å². The van der Waals surface area contributed by atoms with Crippen LogP contribution in [0.15, 0.2) is 51.8 Å². The van der Waals surface area contributed by atoms with E-state index < -0.39 is 11.5 Å². The van der Waals surface area contributed by atoms with E-state index in [0.29, 0.717) is 11.3 Å². The summed E-state index contributed by atoms with van der Waals surface area (Å²) in [6.45, 7) is 3.65. The second-order valence-corrected chi connectivity index (χ2v) is 8.57. The van der Waals surface area contributed by atoms with Gasteiger partial charge in [0.1, 0.15) is 11.9 Å². The number of hydrogen-bond donors (Lipinski definition) is 3. The maximum absolute atomic E-state index is 13.3. The lowest BCUT2D eigenvalue weighted by molar-refractivity contribution is 0.0628. The Bertz CT molecular complexity index is 909. The summed E-state index contributed by atoms with van der Waals surface area (Å²) in [5, 5.41) is 22.0. The minimum atomic E-state index is -0.679. The monoisotopic (exact) mass is 431 g/mol. The molecule has 1 aliphatic heterocycles. The Hall–Kier alpha value is -1.89. The molecule has 0 saturated carbocycles. The molecule has 1 unspecified atom stereocenters. The molecule has 0 radical (unpaired) electrons. The number of carbonyl (C=O) groups excluding carboxylic acids is 1. The number of benzene rings is 1. The SMILES string of the molecule is CC1(C)C2=C(C(=O)c3ccc(OC(CO)CO)cc31)C1CC=C(Br)C=C1N2. The van der Waals surface area contributed by atoms with Gasteiger partial charge in [-0.2, -0.15) is 0 Å². The lowest BCUT2D eigenvalue weighted by Crippen LogP contribution is -2.34. The molecule has 0 spiro atoms. The second-order valence-electron chi connectivity index (χ2n) is 7.66. The fourth-order valence-electron chi connectivity index (χ4n) is 4.13. The lowest BCUT2D eigenvalue weighted by Gasteiger charge is -2.34. The van der Waals surface area contributed by atoms with Gasteiger partial charge in [-0.25, -0.2) is 0 Å². The summed E-state index contributed by atoms with van der Waals surface area (Å²) in [6.07, 6.45) is 4.26. The molecule has 5 nitrogen and oxygen atoms in total. The second kappa shape index (κ2) is 6.62. The zero-order valence-electron chi connectivity index (χ0n) is 15.3. The van der Waals surface area contributed by atoms with Gasteiger partial charge in [0.2, 0.25) is 0 Å². The van der Waals surface area contributed by atoms with Crippen LogP contribution in [0.1, 0.15) is 36.2 Å². The first-order valence-corrected chi connectivity index (χ1v) is 9.82. The standard InChI is InChI=1S/C21H22BrNO4/c1-21(2)16-8-12(27-13(9-24)10-25)4-6-14(16)19(26)18-15-5-3-11(22)7-17(15)23-20(18)21/h3-4,6-8,13,15,23-25H,5,9-10H2,1-2H3. The van der Waals surface area contributed by atoms with Gasteiger partial charge in [0.25, 0.3) is 0 Å². The number of rotatable bonds is 4. The zero-order chi connectivity index (χ0) is 19.3. The van der Waals surface area contributed by atoms with Crippen LogP contribution in [0.3, 0.4) is 0 Å². The van der Waals surface area contributed by atoms with Crippen LogP contribution < -0.4 is 10.1 Å². The van der Waals surface area contributed by atoms with E-state index in [-0.39, 0.29) is 24.9 Å². The summed E-state index contributed by atoms with van der Waals surface area (Å²) < 4.78 is 6.68. The van der Waals surface area contributed by atoms with E-state index in [9.17, 15) is 15.0 Å². The van der Waals surface area contributed by atoms with Gasteiger partial charge in [-0.3, -0.25) is 4.79 Å². The van der Waals surface area contributed by atoms with Crippen molar-refractivity contribution in [1.82, 2.24) is 5.32 Å². The molecule has 0 bridgehead atoms. The van der Waals surface area contributed by atoms with Gasteiger partial charge in [-0.1, -0.05) is 35.9 Å². The van der Waals surface area contributed by atoms with Crippen molar-refractivity contribution in [3.63, 3.8) is 0 Å². The molecular weight excluding hydrogens is 410 g/mol. The normalized spacial score (nSPS) is 22.6. The average molecular weight is 432 g/mol. The highest BCUT2D eigenvalue weighted by atomic mass is 79.9. The molecule has 6 heteroatoms. The number of fused-ring (bicyclic) bond motifs is 3. The highest BCUT2D eigenvalue weighted by Gasteiger charge is 2.46. The van der Waals surface area contributed by atoms with E-state index in [1.807, 2.05) is 12.1 Å². The number of allylic oxidation sites excluding steroid dienone is 5. The summed E-state index contributed by atoms with van der Waals surface area (Å²) in [5.74, 6) is 0.662. The molecular formula is C21H22BrNO4. The summed E-state index contributed by atoms with van der Waals surface area (Å²) in [4.78, 5) is 13.3. The molecule has 2 aliphatic carbocycles. The number of halogens is 1. The van der Waals surface area contributed by atoms with Crippen molar-refractivity contribution in [2.24, 2.45) is 5.92 Å². The predicted octanol–water partition coefficient (Wildman–Crippen LogP) is 2.93. The molecule has 0 amide bonds. The summed E-state index contributed by atoms with van der Waals surface area (Å²) >= 11 is 3.53. The fourth-order valence-corrected chi connectivity index (χ4v) is 4.56. The van der Waals surface area contributed by atoms with Gasteiger partial charge in [-0.05, 0) is 36.3 Å². The number of ketones is 1. The van der Waals surface area contributed by atoms with Crippen molar-refractivity contribution in [2.45, 2.75) is 31.8 Å². The molecule has 1 atom stereocenters. The first kappa shape index (κ1) is 18.5. The Morgan fingerprint density at radius 3 is 2.78 bits per heavy atom. The molecule has 1 aromatic rings. The third kappa shape index (κ3) is 2.87. The van der Waals surface area contributed by atoms with Crippen LogP contribution in [0.25, 0.3) is 0 Å². The number of aliphatic hydroxyl groups is 2. The van der Waals surface area contributed by atoms with Crippen molar-refractivity contribution < 1.29 is 19.7 Å². The molecule has 142 valence electrons. The van der Waals surface area contributed by atoms with Crippen LogP contribution in [0, 0.1) is 5.92 Å². The maximum atomic E-state index is 13.3. The number of ether oxygens (including phenoxy) is 1. The number of carbonyl (C=O) groups is 1. The van der Waals surface area contributed by atoms with Crippen LogP contribution in [0.4, 0.5) is 0 Å². The minimum Gasteiger partial charge on any atom is -0.486 e. The predicted molar refractivity (Wildman–Crippen MR) is 106 cm³/mol. The largest absolute Gasteiger partial charge is 0.486 e. The van der Waals surface area contributed by atoms with Gasteiger partial charge >= 0.3 is 0 Å². The van der Waals surface area contributed by atoms with Crippen molar-refractivity contribution in [2.75, 3.05) is 13.2 Å². The third-order valence-electron chi connectivity index (χ3n) is 5.59. The molecule has 1 heterocycles. The highest BCUT2D eigenvalue weighted by Crippen LogP contribution is 2.49. The molecule has 1 aromatic carbocycles. The smallest absolute Gasteiger partial charge is 0.191 e. The van der Waals surface area contributed by atoms with Gasteiger partial charge in [0.05, 0.1) is 13.2 Å². The van der Waals surface area contributed by atoms with Crippen molar-refractivity contribution in [3.05, 3.63) is 62.9 Å². The Morgan fingerprint density at radius 1 is 1.33 bits per heavy atom. The van der Waals surface area contributed by atoms with E-state index >= 15 is 0 Å². The third-order valence-corrected chi connectivity index (χ3v) is 6.15.